The minimum absolute atomic E-state index is 0.759. The first-order valence-corrected chi connectivity index (χ1v) is 7.35. The molecule has 114 valence electrons. The number of likely N-dealkylation sites (N-methyl/N-ethyl adjacent to an activating group) is 1. The van der Waals surface area contributed by atoms with Crippen LogP contribution in [0.1, 0.15) is 11.1 Å². The summed E-state index contributed by atoms with van der Waals surface area (Å²) >= 11 is 0. The summed E-state index contributed by atoms with van der Waals surface area (Å²) in [7, 11) is 2.03. The number of pyridine rings is 2. The molecule has 0 aromatic carbocycles. The average Bonchev–Trinajstić information content (AvgIpc) is 2.90. The molecule has 1 aliphatic heterocycles. The van der Waals surface area contributed by atoms with Crippen LogP contribution in [-0.2, 0) is 0 Å². The molecule has 0 aliphatic carbocycles. The fourth-order valence-corrected chi connectivity index (χ4v) is 2.39. The summed E-state index contributed by atoms with van der Waals surface area (Å²) in [6.07, 6.45) is 5.68. The van der Waals surface area contributed by atoms with Crippen molar-refractivity contribution in [3.05, 3.63) is 54.0 Å². The maximum absolute atomic E-state index is 5.47. The Morgan fingerprint density at radius 2 is 2.05 bits per heavy atom. The van der Waals surface area contributed by atoms with E-state index >= 15 is 0 Å². The highest BCUT2D eigenvalue weighted by Crippen LogP contribution is 2.28. The van der Waals surface area contributed by atoms with Gasteiger partial charge in [0.15, 0.2) is 11.6 Å². The topological polar surface area (TPSA) is 42.7 Å². The summed E-state index contributed by atoms with van der Waals surface area (Å²) in [5, 5.41) is 4.13. The fourth-order valence-electron chi connectivity index (χ4n) is 2.39. The van der Waals surface area contributed by atoms with Crippen molar-refractivity contribution in [1.82, 2.24) is 14.6 Å². The number of aromatic nitrogens is 3. The van der Waals surface area contributed by atoms with Gasteiger partial charge in [-0.2, -0.15) is 5.10 Å². The zero-order valence-corrected chi connectivity index (χ0v) is 13.2. The number of hydrogen-bond donors (Lipinski definition) is 0. The van der Waals surface area contributed by atoms with Crippen molar-refractivity contribution < 1.29 is 4.74 Å². The number of ether oxygens (including phenoxy) is 1. The van der Waals surface area contributed by atoms with Crippen molar-refractivity contribution in [2.45, 2.75) is 13.8 Å². The van der Waals surface area contributed by atoms with Gasteiger partial charge in [0, 0.05) is 19.4 Å². The van der Waals surface area contributed by atoms with Crippen LogP contribution in [0.2, 0.25) is 0 Å². The Bertz CT molecular complexity index is 781. The van der Waals surface area contributed by atoms with E-state index in [1.165, 1.54) is 11.1 Å². The van der Waals surface area contributed by atoms with Crippen LogP contribution in [0.25, 0.3) is 5.52 Å². The summed E-state index contributed by atoms with van der Waals surface area (Å²) in [6, 6.07) is 8.07. The first-order valence-electron chi connectivity index (χ1n) is 7.35. The van der Waals surface area contributed by atoms with Gasteiger partial charge in [-0.15, -0.1) is 0 Å². The van der Waals surface area contributed by atoms with E-state index in [1.54, 1.807) is 0 Å². The molecule has 0 fully saturated rings. The lowest BCUT2D eigenvalue weighted by Crippen LogP contribution is -2.29. The molecule has 22 heavy (non-hydrogen) atoms. The average molecular weight is 296 g/mol. The Morgan fingerprint density at radius 3 is 2.86 bits per heavy atom. The maximum Gasteiger partial charge on any atom is 0.171 e. The molecule has 0 unspecified atom stereocenters. The second-order valence-electron chi connectivity index (χ2n) is 5.46. The Morgan fingerprint density at radius 1 is 1.18 bits per heavy atom. The highest BCUT2D eigenvalue weighted by Gasteiger charge is 2.15. The van der Waals surface area contributed by atoms with Crippen LogP contribution in [0.3, 0.4) is 0 Å². The Balaban J connectivity index is 0.000000133. The van der Waals surface area contributed by atoms with Gasteiger partial charge < -0.3 is 9.64 Å². The van der Waals surface area contributed by atoms with Gasteiger partial charge in [0.25, 0.3) is 0 Å². The Labute approximate surface area is 130 Å². The molecule has 1 aliphatic rings. The third-order valence-electron chi connectivity index (χ3n) is 3.63. The van der Waals surface area contributed by atoms with Crippen molar-refractivity contribution in [3.63, 3.8) is 0 Å². The molecule has 3 aromatic heterocycles. The third kappa shape index (κ3) is 2.88. The van der Waals surface area contributed by atoms with E-state index in [2.05, 4.69) is 28.0 Å². The third-order valence-corrected chi connectivity index (χ3v) is 3.63. The second-order valence-corrected chi connectivity index (χ2v) is 5.46. The molecule has 0 bridgehead atoms. The molecule has 0 N–H and O–H groups in total. The minimum atomic E-state index is 0.759. The van der Waals surface area contributed by atoms with Crippen LogP contribution >= 0.6 is 0 Å². The molecule has 0 atom stereocenters. The maximum atomic E-state index is 5.47. The summed E-state index contributed by atoms with van der Waals surface area (Å²) in [5.41, 5.74) is 3.55. The van der Waals surface area contributed by atoms with E-state index in [1.807, 2.05) is 55.3 Å². The fraction of sp³-hybridized carbons (Fsp3) is 0.294. The molecule has 3 aromatic rings. The highest BCUT2D eigenvalue weighted by atomic mass is 16.5. The minimum Gasteiger partial charge on any atom is -0.488 e. The van der Waals surface area contributed by atoms with Gasteiger partial charge in [-0.3, -0.25) is 0 Å². The summed E-state index contributed by atoms with van der Waals surface area (Å²) in [6.45, 7) is 5.76. The van der Waals surface area contributed by atoms with Crippen LogP contribution in [0.4, 0.5) is 5.82 Å². The summed E-state index contributed by atoms with van der Waals surface area (Å²) < 4.78 is 7.34. The van der Waals surface area contributed by atoms with Crippen molar-refractivity contribution >= 4 is 11.3 Å². The number of hydrogen-bond acceptors (Lipinski definition) is 4. The van der Waals surface area contributed by atoms with Crippen molar-refractivity contribution in [2.24, 2.45) is 0 Å². The van der Waals surface area contributed by atoms with E-state index in [-0.39, 0.29) is 0 Å². The van der Waals surface area contributed by atoms with Gasteiger partial charge >= 0.3 is 0 Å². The molecule has 0 saturated carbocycles. The Kier molecular flexibility index (Phi) is 3.96. The molecule has 4 rings (SSSR count). The number of aryl methyl sites for hydroxylation is 2. The Hall–Kier alpha value is -2.56. The lowest BCUT2D eigenvalue weighted by atomic mass is 10.3. The van der Waals surface area contributed by atoms with Gasteiger partial charge in [-0.05, 0) is 43.2 Å². The lowest BCUT2D eigenvalue weighted by molar-refractivity contribution is 0.308. The molecular weight excluding hydrogens is 276 g/mol. The van der Waals surface area contributed by atoms with E-state index < -0.39 is 0 Å². The summed E-state index contributed by atoms with van der Waals surface area (Å²) in [4.78, 5) is 6.41. The predicted molar refractivity (Wildman–Crippen MR) is 87.7 cm³/mol. The lowest BCUT2D eigenvalue weighted by Gasteiger charge is -2.26. The first-order chi connectivity index (χ1) is 10.6. The molecule has 0 amide bonds. The zero-order chi connectivity index (χ0) is 15.5. The van der Waals surface area contributed by atoms with Gasteiger partial charge in [0.2, 0.25) is 0 Å². The highest BCUT2D eigenvalue weighted by molar-refractivity contribution is 5.54. The van der Waals surface area contributed by atoms with Gasteiger partial charge in [-0.1, -0.05) is 6.07 Å². The number of rotatable bonds is 0. The van der Waals surface area contributed by atoms with E-state index in [0.717, 1.165) is 30.3 Å². The van der Waals surface area contributed by atoms with E-state index in [0.29, 0.717) is 0 Å². The largest absolute Gasteiger partial charge is 0.488 e. The molecule has 4 heterocycles. The quantitative estimate of drug-likeness (QED) is 0.640. The van der Waals surface area contributed by atoms with Gasteiger partial charge in [0.05, 0.1) is 18.3 Å². The van der Waals surface area contributed by atoms with E-state index in [9.17, 15) is 0 Å². The monoisotopic (exact) mass is 296 g/mol. The van der Waals surface area contributed by atoms with Crippen LogP contribution in [0, 0.1) is 13.8 Å². The van der Waals surface area contributed by atoms with Crippen molar-refractivity contribution in [1.29, 1.82) is 0 Å². The molecular formula is C17H20N4O. The van der Waals surface area contributed by atoms with Crippen LogP contribution in [-0.4, -0.2) is 34.8 Å². The van der Waals surface area contributed by atoms with E-state index in [4.69, 9.17) is 4.74 Å². The van der Waals surface area contributed by atoms with Gasteiger partial charge in [0.1, 0.15) is 6.61 Å². The van der Waals surface area contributed by atoms with Gasteiger partial charge in [-0.25, -0.2) is 9.50 Å². The number of fused-ring (bicyclic) bond motifs is 2. The zero-order valence-electron chi connectivity index (χ0n) is 13.2. The van der Waals surface area contributed by atoms with Crippen molar-refractivity contribution in [3.8, 4) is 5.75 Å². The van der Waals surface area contributed by atoms with Crippen LogP contribution < -0.4 is 9.64 Å². The molecule has 0 spiro atoms. The number of nitrogens with zero attached hydrogens (tertiary/aromatic N) is 4. The molecule has 5 nitrogen and oxygen atoms in total. The molecule has 5 heteroatoms. The summed E-state index contributed by atoms with van der Waals surface area (Å²) in [5.74, 6) is 1.86. The molecule has 0 saturated heterocycles. The first kappa shape index (κ1) is 14.4. The van der Waals surface area contributed by atoms with Crippen molar-refractivity contribution in [2.75, 3.05) is 25.1 Å². The normalized spacial score (nSPS) is 13.1. The van der Waals surface area contributed by atoms with Crippen LogP contribution in [0.5, 0.6) is 5.75 Å². The number of anilines is 1. The van der Waals surface area contributed by atoms with Crippen LogP contribution in [0.15, 0.2) is 42.9 Å². The standard InChI is InChI=1S/C9H12N2O.C8H8N2/c1-7-5-8-9(10-6-7)11(2)3-4-12-8;1-7-6-9-10-5-3-2-4-8(7)10/h5-6H,3-4H2,1-2H3;2-6H,1H3. The second kappa shape index (κ2) is 6.05. The SMILES string of the molecule is Cc1cnc2c(c1)OCCN2C.Cc1cnn2ccccc12. The predicted octanol–water partition coefficient (Wildman–Crippen LogP) is 2.86. The smallest absolute Gasteiger partial charge is 0.171 e. The molecule has 0 radical (unpaired) electrons.